The Labute approximate surface area is 234 Å². The molecule has 0 unspecified atom stereocenters. The molecule has 5 rings (SSSR count). The SMILES string of the molecule is CCOC(=O)C1=C(C)N=c2s/c(=C/c3cc(C)n(-c4cccc(Cl)c4)c3C)c(=O)n2[C@@H]1c1cccc(OC)c1. The number of allylic oxidation sites excluding steroid dienone is 1. The third-order valence-electron chi connectivity index (χ3n) is 6.75. The zero-order valence-electron chi connectivity index (χ0n) is 22.3. The number of nitrogens with zero attached hydrogens (tertiary/aromatic N) is 3. The zero-order chi connectivity index (χ0) is 27.8. The second-order valence-electron chi connectivity index (χ2n) is 9.22. The Hall–Kier alpha value is -3.88. The van der Waals surface area contributed by atoms with Crippen LogP contribution in [-0.2, 0) is 9.53 Å². The molecular formula is C30H28ClN3O4S. The van der Waals surface area contributed by atoms with Gasteiger partial charge in [-0.1, -0.05) is 41.1 Å². The van der Waals surface area contributed by atoms with E-state index in [0.717, 1.165) is 28.2 Å². The van der Waals surface area contributed by atoms with Crippen molar-refractivity contribution in [3.63, 3.8) is 0 Å². The summed E-state index contributed by atoms with van der Waals surface area (Å²) in [7, 11) is 1.58. The summed E-state index contributed by atoms with van der Waals surface area (Å²) in [5, 5.41) is 0.653. The van der Waals surface area contributed by atoms with Crippen molar-refractivity contribution in [1.82, 2.24) is 9.13 Å². The van der Waals surface area contributed by atoms with E-state index in [2.05, 4.69) is 9.56 Å². The molecule has 9 heteroatoms. The Kier molecular flexibility index (Phi) is 7.34. The van der Waals surface area contributed by atoms with Crippen LogP contribution in [0.1, 0.15) is 42.4 Å². The summed E-state index contributed by atoms with van der Waals surface area (Å²) in [4.78, 5) is 32.2. The van der Waals surface area contributed by atoms with Gasteiger partial charge in [0.05, 0.1) is 35.6 Å². The predicted molar refractivity (Wildman–Crippen MR) is 154 cm³/mol. The molecule has 0 aliphatic carbocycles. The van der Waals surface area contributed by atoms with Gasteiger partial charge in [0.15, 0.2) is 4.80 Å². The van der Waals surface area contributed by atoms with E-state index < -0.39 is 12.0 Å². The van der Waals surface area contributed by atoms with Crippen molar-refractivity contribution in [3.8, 4) is 11.4 Å². The van der Waals surface area contributed by atoms with Crippen LogP contribution in [-0.4, -0.2) is 28.8 Å². The second-order valence-corrected chi connectivity index (χ2v) is 10.7. The molecular weight excluding hydrogens is 534 g/mol. The van der Waals surface area contributed by atoms with Crippen LogP contribution in [0.4, 0.5) is 0 Å². The Balaban J connectivity index is 1.70. The molecule has 39 heavy (non-hydrogen) atoms. The summed E-state index contributed by atoms with van der Waals surface area (Å²) < 4.78 is 15.0. The Morgan fingerprint density at radius 2 is 1.90 bits per heavy atom. The molecule has 1 atom stereocenters. The van der Waals surface area contributed by atoms with Gasteiger partial charge < -0.3 is 14.0 Å². The third kappa shape index (κ3) is 4.86. The number of benzene rings is 2. The standard InChI is InChI=1S/C30H28ClN3O4S/c1-6-38-29(36)26-18(3)32-30-34(27(26)20-9-7-12-24(14-20)37-5)28(35)25(39-30)15-21-13-17(2)33(19(21)4)23-11-8-10-22(31)16-23/h7-16,27H,6H2,1-5H3/b25-15+/t27-/m1/s1. The fourth-order valence-corrected chi connectivity index (χ4v) is 6.23. The van der Waals surface area contributed by atoms with Gasteiger partial charge in [0.25, 0.3) is 5.56 Å². The molecule has 7 nitrogen and oxygen atoms in total. The van der Waals surface area contributed by atoms with Gasteiger partial charge >= 0.3 is 5.97 Å². The van der Waals surface area contributed by atoms with Crippen molar-refractivity contribution in [2.75, 3.05) is 13.7 Å². The number of methoxy groups -OCH3 is 1. The maximum absolute atomic E-state index is 14.0. The lowest BCUT2D eigenvalue weighted by atomic mass is 9.95. The van der Waals surface area contributed by atoms with Gasteiger partial charge in [-0.25, -0.2) is 9.79 Å². The van der Waals surface area contributed by atoms with E-state index in [1.165, 1.54) is 11.3 Å². The fourth-order valence-electron chi connectivity index (χ4n) is 5.01. The van der Waals surface area contributed by atoms with Gasteiger partial charge in [-0.3, -0.25) is 9.36 Å². The summed E-state index contributed by atoms with van der Waals surface area (Å²) in [6.07, 6.45) is 1.89. The lowest BCUT2D eigenvalue weighted by Gasteiger charge is -2.25. The highest BCUT2D eigenvalue weighted by Crippen LogP contribution is 2.32. The summed E-state index contributed by atoms with van der Waals surface area (Å²) in [5.41, 5.74) is 5.23. The highest BCUT2D eigenvalue weighted by Gasteiger charge is 2.33. The third-order valence-corrected chi connectivity index (χ3v) is 7.97. The minimum atomic E-state index is -0.698. The van der Waals surface area contributed by atoms with Gasteiger partial charge in [0.2, 0.25) is 0 Å². The highest BCUT2D eigenvalue weighted by molar-refractivity contribution is 7.07. The average Bonchev–Trinajstić information content (AvgIpc) is 3.37. The van der Waals surface area contributed by atoms with Gasteiger partial charge in [-0.2, -0.15) is 0 Å². The minimum Gasteiger partial charge on any atom is -0.497 e. The van der Waals surface area contributed by atoms with E-state index >= 15 is 0 Å². The Bertz CT molecular complexity index is 1810. The summed E-state index contributed by atoms with van der Waals surface area (Å²) in [6, 6.07) is 16.4. The van der Waals surface area contributed by atoms with E-state index in [9.17, 15) is 9.59 Å². The largest absolute Gasteiger partial charge is 0.497 e. The zero-order valence-corrected chi connectivity index (χ0v) is 23.9. The average molecular weight is 562 g/mol. The number of ether oxygens (including phenoxy) is 2. The topological polar surface area (TPSA) is 74.8 Å². The first-order valence-corrected chi connectivity index (χ1v) is 13.7. The van der Waals surface area contributed by atoms with Crippen molar-refractivity contribution in [2.45, 2.75) is 33.7 Å². The number of aryl methyl sites for hydroxylation is 1. The molecule has 1 aliphatic heterocycles. The molecule has 200 valence electrons. The second kappa shape index (κ2) is 10.7. The van der Waals surface area contributed by atoms with E-state index in [1.807, 2.05) is 74.5 Å². The van der Waals surface area contributed by atoms with Crippen molar-refractivity contribution >= 4 is 35.0 Å². The number of carbonyl (C=O) groups is 1. The van der Waals surface area contributed by atoms with E-state index in [-0.39, 0.29) is 12.2 Å². The van der Waals surface area contributed by atoms with Gasteiger partial charge in [0, 0.05) is 22.1 Å². The lowest BCUT2D eigenvalue weighted by molar-refractivity contribution is -0.139. The molecule has 0 saturated heterocycles. The van der Waals surface area contributed by atoms with Crippen LogP contribution in [0.15, 0.2) is 75.7 Å². The van der Waals surface area contributed by atoms with Gasteiger partial charge in [-0.15, -0.1) is 0 Å². The fraction of sp³-hybridized carbons (Fsp3) is 0.233. The molecule has 0 amide bonds. The molecule has 0 spiro atoms. The maximum Gasteiger partial charge on any atom is 0.338 e. The lowest BCUT2D eigenvalue weighted by Crippen LogP contribution is -2.39. The Morgan fingerprint density at radius 1 is 1.13 bits per heavy atom. The number of hydrogen-bond donors (Lipinski definition) is 0. The predicted octanol–water partition coefficient (Wildman–Crippen LogP) is 4.87. The van der Waals surface area contributed by atoms with Crippen LogP contribution in [0, 0.1) is 13.8 Å². The van der Waals surface area contributed by atoms with Crippen molar-refractivity contribution in [2.24, 2.45) is 4.99 Å². The highest BCUT2D eigenvalue weighted by atomic mass is 35.5. The number of rotatable bonds is 6. The maximum atomic E-state index is 14.0. The van der Waals surface area contributed by atoms with Crippen LogP contribution in [0.5, 0.6) is 5.75 Å². The van der Waals surface area contributed by atoms with E-state index in [4.69, 9.17) is 21.1 Å². The van der Waals surface area contributed by atoms with Crippen LogP contribution in [0.3, 0.4) is 0 Å². The summed E-state index contributed by atoms with van der Waals surface area (Å²) in [5.74, 6) is 0.131. The first kappa shape index (κ1) is 26.7. The molecule has 2 aromatic carbocycles. The molecule has 3 heterocycles. The monoisotopic (exact) mass is 561 g/mol. The number of esters is 1. The number of halogens is 1. The molecule has 0 saturated carbocycles. The van der Waals surface area contributed by atoms with Crippen molar-refractivity contribution in [1.29, 1.82) is 0 Å². The molecule has 4 aromatic rings. The van der Waals surface area contributed by atoms with Gasteiger partial charge in [0.1, 0.15) is 5.75 Å². The normalized spacial score (nSPS) is 15.2. The van der Waals surface area contributed by atoms with Crippen LogP contribution < -0.4 is 19.6 Å². The molecule has 1 aliphatic rings. The molecule has 0 fully saturated rings. The first-order valence-electron chi connectivity index (χ1n) is 12.5. The Morgan fingerprint density at radius 3 is 2.62 bits per heavy atom. The molecule has 0 N–H and O–H groups in total. The van der Waals surface area contributed by atoms with Crippen LogP contribution in [0.25, 0.3) is 11.8 Å². The molecule has 0 bridgehead atoms. The van der Waals surface area contributed by atoms with Crippen molar-refractivity contribution in [3.05, 3.63) is 113 Å². The number of thiazole rings is 1. The van der Waals surface area contributed by atoms with E-state index in [0.29, 0.717) is 31.4 Å². The number of carbonyl (C=O) groups excluding carboxylic acids is 1. The van der Waals surface area contributed by atoms with Gasteiger partial charge in [-0.05, 0) is 81.3 Å². The number of fused-ring (bicyclic) bond motifs is 1. The first-order chi connectivity index (χ1) is 18.7. The quantitative estimate of drug-likeness (QED) is 0.315. The van der Waals surface area contributed by atoms with E-state index in [1.54, 1.807) is 25.5 Å². The smallest absolute Gasteiger partial charge is 0.338 e. The number of hydrogen-bond acceptors (Lipinski definition) is 6. The molecule has 0 radical (unpaired) electrons. The molecule has 2 aromatic heterocycles. The van der Waals surface area contributed by atoms with Crippen LogP contribution in [0.2, 0.25) is 5.02 Å². The minimum absolute atomic E-state index is 0.215. The van der Waals surface area contributed by atoms with Crippen molar-refractivity contribution < 1.29 is 14.3 Å². The summed E-state index contributed by atoms with van der Waals surface area (Å²) >= 11 is 7.54. The summed E-state index contributed by atoms with van der Waals surface area (Å²) in [6.45, 7) is 7.77. The number of aromatic nitrogens is 2. The van der Waals surface area contributed by atoms with Crippen LogP contribution >= 0.6 is 22.9 Å².